The first-order chi connectivity index (χ1) is 8.88. The molecule has 0 radical (unpaired) electrons. The van der Waals surface area contributed by atoms with Gasteiger partial charge in [-0.15, -0.1) is 11.3 Å². The second-order valence-electron chi connectivity index (χ2n) is 5.53. The van der Waals surface area contributed by atoms with Crippen LogP contribution in [0, 0.1) is 0 Å². The summed E-state index contributed by atoms with van der Waals surface area (Å²) >= 11 is 1.96. The summed E-state index contributed by atoms with van der Waals surface area (Å²) in [4.78, 5) is 1.63. The Kier molecular flexibility index (Phi) is 2.36. The summed E-state index contributed by atoms with van der Waals surface area (Å²) in [6.07, 6.45) is 3.72. The van der Waals surface area contributed by atoms with Crippen LogP contribution in [-0.4, -0.2) is 12.6 Å². The predicted molar refractivity (Wildman–Crippen MR) is 76.3 cm³/mol. The molecule has 18 heavy (non-hydrogen) atoms. The first-order valence-corrected chi connectivity index (χ1v) is 7.62. The van der Waals surface area contributed by atoms with E-state index in [4.69, 9.17) is 0 Å². The summed E-state index contributed by atoms with van der Waals surface area (Å²) in [5.41, 5.74) is 3.38. The molecule has 0 amide bonds. The first-order valence-electron chi connectivity index (χ1n) is 6.74. The highest BCUT2D eigenvalue weighted by molar-refractivity contribution is 7.10. The average molecular weight is 255 g/mol. The van der Waals surface area contributed by atoms with Crippen LogP contribution in [0.1, 0.15) is 28.8 Å². The van der Waals surface area contributed by atoms with Crippen LogP contribution in [0.4, 0.5) is 0 Å². The van der Waals surface area contributed by atoms with Crippen LogP contribution in [0.5, 0.6) is 0 Å². The van der Waals surface area contributed by atoms with Gasteiger partial charge in [0.2, 0.25) is 0 Å². The molecule has 2 aliphatic rings. The van der Waals surface area contributed by atoms with Crippen molar-refractivity contribution >= 4 is 11.3 Å². The van der Waals surface area contributed by atoms with E-state index in [0.29, 0.717) is 11.5 Å². The molecule has 2 heteroatoms. The molecule has 2 heterocycles. The highest BCUT2D eigenvalue weighted by Crippen LogP contribution is 2.49. The molecular weight excluding hydrogens is 238 g/mol. The number of hydrogen-bond donors (Lipinski definition) is 1. The molecule has 1 fully saturated rings. The van der Waals surface area contributed by atoms with Gasteiger partial charge in [0.25, 0.3) is 0 Å². The van der Waals surface area contributed by atoms with Crippen molar-refractivity contribution in [2.75, 3.05) is 6.54 Å². The summed E-state index contributed by atoms with van der Waals surface area (Å²) in [5.74, 6) is 0. The Morgan fingerprint density at radius 3 is 2.94 bits per heavy atom. The molecule has 1 saturated heterocycles. The lowest BCUT2D eigenvalue weighted by molar-refractivity contribution is 0.274. The molecule has 2 atom stereocenters. The highest BCUT2D eigenvalue weighted by Gasteiger charge is 2.44. The molecule has 92 valence electrons. The van der Waals surface area contributed by atoms with E-state index >= 15 is 0 Å². The molecule has 0 saturated carbocycles. The number of fused-ring (bicyclic) bond motifs is 4. The summed E-state index contributed by atoms with van der Waals surface area (Å²) in [5, 5.41) is 5.95. The molecule has 1 aliphatic carbocycles. The second kappa shape index (κ2) is 3.94. The van der Waals surface area contributed by atoms with Gasteiger partial charge in [-0.3, -0.25) is 0 Å². The zero-order chi connectivity index (χ0) is 12.0. The van der Waals surface area contributed by atoms with Crippen molar-refractivity contribution < 1.29 is 0 Å². The number of nitrogens with one attached hydrogen (secondary N) is 1. The molecule has 1 unspecified atom stereocenters. The predicted octanol–water partition coefficient (Wildman–Crippen LogP) is 3.34. The molecule has 2 aromatic rings. The number of piperidine rings is 1. The summed E-state index contributed by atoms with van der Waals surface area (Å²) in [7, 11) is 0. The normalized spacial score (nSPS) is 29.9. The third kappa shape index (κ3) is 1.42. The van der Waals surface area contributed by atoms with Crippen LogP contribution in [-0.2, 0) is 11.8 Å². The van der Waals surface area contributed by atoms with Gasteiger partial charge >= 0.3 is 0 Å². The van der Waals surface area contributed by atoms with Crippen LogP contribution in [0.3, 0.4) is 0 Å². The van der Waals surface area contributed by atoms with E-state index in [-0.39, 0.29) is 0 Å². The van der Waals surface area contributed by atoms with Crippen molar-refractivity contribution in [1.82, 2.24) is 5.32 Å². The molecule has 1 aromatic carbocycles. The van der Waals surface area contributed by atoms with Crippen molar-refractivity contribution in [3.8, 4) is 0 Å². The topological polar surface area (TPSA) is 12.0 Å². The van der Waals surface area contributed by atoms with E-state index in [2.05, 4.69) is 47.1 Å². The van der Waals surface area contributed by atoms with Gasteiger partial charge in [0.15, 0.2) is 0 Å². The van der Waals surface area contributed by atoms with Gasteiger partial charge in [-0.05, 0) is 48.4 Å². The van der Waals surface area contributed by atoms with Crippen LogP contribution < -0.4 is 5.32 Å². The molecule has 1 nitrogen and oxygen atoms in total. The third-order valence-corrected chi connectivity index (χ3v) is 5.71. The van der Waals surface area contributed by atoms with Gasteiger partial charge in [0, 0.05) is 16.3 Å². The monoisotopic (exact) mass is 255 g/mol. The molecule has 1 N–H and O–H groups in total. The summed E-state index contributed by atoms with van der Waals surface area (Å²) in [6, 6.07) is 14.1. The summed E-state index contributed by atoms with van der Waals surface area (Å²) in [6.45, 7) is 1.15. The standard InChI is InChI=1S/C16H17NS/c1-2-4-13(5-3-1)16-7-8-17-14(11-16)10-12-6-9-18-15(12)16/h1-6,9,14,17H,7-8,10-11H2/t14?,16-/m1/s1. The number of thiophene rings is 1. The molecule has 1 aliphatic heterocycles. The van der Waals surface area contributed by atoms with Gasteiger partial charge < -0.3 is 5.32 Å². The first kappa shape index (κ1) is 10.8. The van der Waals surface area contributed by atoms with Gasteiger partial charge in [0.05, 0.1) is 0 Å². The average Bonchev–Trinajstić information content (AvgIpc) is 2.89. The quantitative estimate of drug-likeness (QED) is 0.824. The lowest BCUT2D eigenvalue weighted by Crippen LogP contribution is -2.50. The highest BCUT2D eigenvalue weighted by atomic mass is 32.1. The minimum Gasteiger partial charge on any atom is -0.314 e. The van der Waals surface area contributed by atoms with E-state index in [1.165, 1.54) is 24.8 Å². The van der Waals surface area contributed by atoms with E-state index in [9.17, 15) is 0 Å². The van der Waals surface area contributed by atoms with Crippen molar-refractivity contribution in [3.63, 3.8) is 0 Å². The fourth-order valence-electron chi connectivity index (χ4n) is 3.77. The number of rotatable bonds is 1. The Morgan fingerprint density at radius 1 is 1.17 bits per heavy atom. The fraction of sp³-hybridized carbons (Fsp3) is 0.375. The van der Waals surface area contributed by atoms with Gasteiger partial charge in [-0.1, -0.05) is 30.3 Å². The van der Waals surface area contributed by atoms with Crippen molar-refractivity contribution in [1.29, 1.82) is 0 Å². The SMILES string of the molecule is c1ccc([C@]23CCNC(Cc4ccsc42)C3)cc1. The van der Waals surface area contributed by atoms with E-state index in [0.717, 1.165) is 6.54 Å². The smallest absolute Gasteiger partial charge is 0.0326 e. The van der Waals surface area contributed by atoms with Gasteiger partial charge in [-0.25, -0.2) is 0 Å². The zero-order valence-corrected chi connectivity index (χ0v) is 11.2. The number of benzene rings is 1. The Morgan fingerprint density at radius 2 is 2.06 bits per heavy atom. The largest absolute Gasteiger partial charge is 0.314 e. The Balaban J connectivity index is 1.93. The van der Waals surface area contributed by atoms with Crippen molar-refractivity contribution in [3.05, 3.63) is 57.8 Å². The van der Waals surface area contributed by atoms with Gasteiger partial charge in [-0.2, -0.15) is 0 Å². The maximum atomic E-state index is 3.68. The Labute approximate surface area is 112 Å². The molecule has 0 spiro atoms. The third-order valence-electron chi connectivity index (χ3n) is 4.55. The van der Waals surface area contributed by atoms with E-state index in [1.54, 1.807) is 10.4 Å². The summed E-state index contributed by atoms with van der Waals surface area (Å²) < 4.78 is 0. The lowest BCUT2D eigenvalue weighted by Gasteiger charge is -2.46. The molecule has 4 rings (SSSR count). The van der Waals surface area contributed by atoms with Crippen molar-refractivity contribution in [2.24, 2.45) is 0 Å². The Bertz CT molecular complexity index is 559. The van der Waals surface area contributed by atoms with Crippen LogP contribution in [0.25, 0.3) is 0 Å². The molecule has 2 bridgehead atoms. The minimum absolute atomic E-state index is 0.291. The van der Waals surface area contributed by atoms with Crippen LogP contribution in [0.15, 0.2) is 41.8 Å². The fourth-order valence-corrected chi connectivity index (χ4v) is 4.97. The van der Waals surface area contributed by atoms with E-state index < -0.39 is 0 Å². The minimum atomic E-state index is 0.291. The molecular formula is C16H17NS. The number of hydrogen-bond acceptors (Lipinski definition) is 2. The van der Waals surface area contributed by atoms with Gasteiger partial charge in [0.1, 0.15) is 0 Å². The van der Waals surface area contributed by atoms with Crippen LogP contribution in [0.2, 0.25) is 0 Å². The van der Waals surface area contributed by atoms with Crippen molar-refractivity contribution in [2.45, 2.75) is 30.7 Å². The lowest BCUT2D eigenvalue weighted by atomic mass is 9.65. The van der Waals surface area contributed by atoms with Crippen LogP contribution >= 0.6 is 11.3 Å². The van der Waals surface area contributed by atoms with E-state index in [1.807, 2.05) is 11.3 Å². The zero-order valence-electron chi connectivity index (χ0n) is 10.4. The Hall–Kier alpha value is -1.12. The molecule has 1 aromatic heterocycles. The second-order valence-corrected chi connectivity index (χ2v) is 6.45. The maximum absolute atomic E-state index is 3.68. The maximum Gasteiger partial charge on any atom is 0.0326 e.